The molecule has 8 heteroatoms. The molecule has 0 spiro atoms. The van der Waals surface area contributed by atoms with Crippen LogP contribution in [0.5, 0.6) is 0 Å². The first-order chi connectivity index (χ1) is 15.5. The standard InChI is InChI=1S/C24H28N2O6/c1-2-3-15-31-24(30)19-9-11-20(12-10-19)26-22(28)17-32-23(29)13-14-25-21(27)16-18-7-5-4-6-8-18/h4-12H,2-3,13-17H2,1H3,(H,25,27)(H,26,28). The minimum atomic E-state index is -0.592. The van der Waals surface area contributed by atoms with E-state index in [9.17, 15) is 19.2 Å². The van der Waals surface area contributed by atoms with E-state index >= 15 is 0 Å². The lowest BCUT2D eigenvalue weighted by molar-refractivity contribution is -0.147. The van der Waals surface area contributed by atoms with E-state index in [1.807, 2.05) is 37.3 Å². The van der Waals surface area contributed by atoms with Crippen molar-refractivity contribution in [3.05, 3.63) is 65.7 Å². The lowest BCUT2D eigenvalue weighted by Crippen LogP contribution is -2.28. The molecule has 2 aromatic rings. The van der Waals surface area contributed by atoms with Gasteiger partial charge in [-0.15, -0.1) is 0 Å². The Morgan fingerprint density at radius 1 is 0.875 bits per heavy atom. The van der Waals surface area contributed by atoms with Crippen LogP contribution in [0.2, 0.25) is 0 Å². The van der Waals surface area contributed by atoms with E-state index in [2.05, 4.69) is 10.6 Å². The van der Waals surface area contributed by atoms with E-state index in [4.69, 9.17) is 9.47 Å². The van der Waals surface area contributed by atoms with Crippen LogP contribution >= 0.6 is 0 Å². The predicted octanol–water partition coefficient (Wildman–Crippen LogP) is 2.87. The number of unbranched alkanes of at least 4 members (excludes halogenated alkanes) is 1. The van der Waals surface area contributed by atoms with Gasteiger partial charge in [-0.25, -0.2) is 4.79 Å². The normalized spacial score (nSPS) is 10.2. The van der Waals surface area contributed by atoms with Crippen molar-refractivity contribution in [2.75, 3.05) is 25.1 Å². The summed E-state index contributed by atoms with van der Waals surface area (Å²) in [4.78, 5) is 47.4. The van der Waals surface area contributed by atoms with Gasteiger partial charge < -0.3 is 20.1 Å². The van der Waals surface area contributed by atoms with E-state index < -0.39 is 24.5 Å². The quantitative estimate of drug-likeness (QED) is 0.388. The Labute approximate surface area is 187 Å². The molecule has 0 aromatic heterocycles. The molecule has 0 heterocycles. The summed E-state index contributed by atoms with van der Waals surface area (Å²) in [5, 5.41) is 5.22. The molecule has 0 atom stereocenters. The van der Waals surface area contributed by atoms with Crippen molar-refractivity contribution in [1.82, 2.24) is 5.32 Å². The highest BCUT2D eigenvalue weighted by Crippen LogP contribution is 2.11. The van der Waals surface area contributed by atoms with Gasteiger partial charge in [-0.3, -0.25) is 14.4 Å². The molecule has 0 aliphatic rings. The lowest BCUT2D eigenvalue weighted by atomic mass is 10.1. The van der Waals surface area contributed by atoms with Crippen LogP contribution in [0.1, 0.15) is 42.1 Å². The van der Waals surface area contributed by atoms with Crippen LogP contribution in [-0.2, 0) is 30.3 Å². The van der Waals surface area contributed by atoms with Crippen molar-refractivity contribution in [2.24, 2.45) is 0 Å². The van der Waals surface area contributed by atoms with Crippen LogP contribution in [-0.4, -0.2) is 43.5 Å². The number of esters is 2. The van der Waals surface area contributed by atoms with Gasteiger partial charge in [0.25, 0.3) is 5.91 Å². The Hall–Kier alpha value is -3.68. The highest BCUT2D eigenvalue weighted by molar-refractivity contribution is 5.94. The van der Waals surface area contributed by atoms with Crippen LogP contribution in [0.25, 0.3) is 0 Å². The van der Waals surface area contributed by atoms with Gasteiger partial charge in [-0.2, -0.15) is 0 Å². The lowest BCUT2D eigenvalue weighted by Gasteiger charge is -2.08. The third-order valence-corrected chi connectivity index (χ3v) is 4.36. The van der Waals surface area contributed by atoms with E-state index in [0.29, 0.717) is 17.9 Å². The monoisotopic (exact) mass is 440 g/mol. The van der Waals surface area contributed by atoms with E-state index in [1.165, 1.54) is 0 Å². The summed E-state index contributed by atoms with van der Waals surface area (Å²) < 4.78 is 10.0. The summed E-state index contributed by atoms with van der Waals surface area (Å²) in [5.41, 5.74) is 1.73. The highest BCUT2D eigenvalue weighted by Gasteiger charge is 2.11. The van der Waals surface area contributed by atoms with E-state index in [-0.39, 0.29) is 25.3 Å². The summed E-state index contributed by atoms with van der Waals surface area (Å²) in [5.74, 6) is -1.71. The number of carbonyl (C=O) groups excluding carboxylic acids is 4. The van der Waals surface area contributed by atoms with Gasteiger partial charge in [0.15, 0.2) is 6.61 Å². The highest BCUT2D eigenvalue weighted by atomic mass is 16.5. The van der Waals surface area contributed by atoms with Crippen molar-refractivity contribution in [2.45, 2.75) is 32.6 Å². The molecule has 0 aliphatic heterocycles. The minimum Gasteiger partial charge on any atom is -0.462 e. The second kappa shape index (κ2) is 13.6. The number of carbonyl (C=O) groups is 4. The molecule has 0 saturated heterocycles. The van der Waals surface area contributed by atoms with Crippen molar-refractivity contribution >= 4 is 29.4 Å². The first-order valence-electron chi connectivity index (χ1n) is 10.5. The molecule has 0 saturated carbocycles. The predicted molar refractivity (Wildman–Crippen MR) is 119 cm³/mol. The second-order valence-corrected chi connectivity index (χ2v) is 7.04. The maximum atomic E-state index is 11.9. The maximum absolute atomic E-state index is 11.9. The van der Waals surface area contributed by atoms with Gasteiger partial charge in [-0.1, -0.05) is 43.7 Å². The molecule has 0 bridgehead atoms. The SMILES string of the molecule is CCCCOC(=O)c1ccc(NC(=O)COC(=O)CCNC(=O)Cc2ccccc2)cc1. The van der Waals surface area contributed by atoms with Crippen LogP contribution in [0.3, 0.4) is 0 Å². The molecular formula is C24H28N2O6. The first-order valence-corrected chi connectivity index (χ1v) is 10.5. The van der Waals surface area contributed by atoms with Crippen molar-refractivity contribution < 1.29 is 28.7 Å². The van der Waals surface area contributed by atoms with Gasteiger partial charge in [0, 0.05) is 12.2 Å². The molecule has 0 fully saturated rings. The number of hydrogen-bond donors (Lipinski definition) is 2. The van der Waals surface area contributed by atoms with Gasteiger partial charge in [0.05, 0.1) is 25.0 Å². The summed E-state index contributed by atoms with van der Waals surface area (Å²) in [6, 6.07) is 15.5. The molecular weight excluding hydrogens is 412 g/mol. The molecule has 2 aromatic carbocycles. The summed E-state index contributed by atoms with van der Waals surface area (Å²) in [6.07, 6.45) is 1.93. The van der Waals surface area contributed by atoms with Crippen LogP contribution in [0.15, 0.2) is 54.6 Å². The number of benzene rings is 2. The molecule has 0 aliphatic carbocycles. The van der Waals surface area contributed by atoms with Gasteiger partial charge in [0.1, 0.15) is 0 Å². The smallest absolute Gasteiger partial charge is 0.338 e. The van der Waals surface area contributed by atoms with Crippen LogP contribution in [0, 0.1) is 0 Å². The molecule has 2 amide bonds. The second-order valence-electron chi connectivity index (χ2n) is 7.04. The zero-order valence-corrected chi connectivity index (χ0v) is 18.1. The van der Waals surface area contributed by atoms with Crippen molar-refractivity contribution in [3.8, 4) is 0 Å². The number of ether oxygens (including phenoxy) is 2. The number of hydrogen-bond acceptors (Lipinski definition) is 6. The fourth-order valence-electron chi connectivity index (χ4n) is 2.65. The Morgan fingerprint density at radius 3 is 2.28 bits per heavy atom. The summed E-state index contributed by atoms with van der Waals surface area (Å²) >= 11 is 0. The molecule has 2 N–H and O–H groups in total. The third kappa shape index (κ3) is 9.42. The molecule has 8 nitrogen and oxygen atoms in total. The number of rotatable bonds is 12. The van der Waals surface area contributed by atoms with Gasteiger partial charge >= 0.3 is 11.9 Å². The Morgan fingerprint density at radius 2 is 1.59 bits per heavy atom. The zero-order valence-electron chi connectivity index (χ0n) is 18.1. The number of amides is 2. The summed E-state index contributed by atoms with van der Waals surface area (Å²) in [6.45, 7) is 2.06. The Bertz CT molecular complexity index is 896. The number of anilines is 1. The van der Waals surface area contributed by atoms with Crippen LogP contribution in [0.4, 0.5) is 5.69 Å². The molecule has 170 valence electrons. The average Bonchev–Trinajstić information content (AvgIpc) is 2.79. The molecule has 0 radical (unpaired) electrons. The largest absolute Gasteiger partial charge is 0.462 e. The third-order valence-electron chi connectivity index (χ3n) is 4.36. The zero-order chi connectivity index (χ0) is 23.2. The fourth-order valence-corrected chi connectivity index (χ4v) is 2.65. The fraction of sp³-hybridized carbons (Fsp3) is 0.333. The van der Waals surface area contributed by atoms with Crippen molar-refractivity contribution in [3.63, 3.8) is 0 Å². The molecule has 0 unspecified atom stereocenters. The maximum Gasteiger partial charge on any atom is 0.338 e. The van der Waals surface area contributed by atoms with E-state index in [0.717, 1.165) is 18.4 Å². The first kappa shape index (κ1) is 24.6. The van der Waals surface area contributed by atoms with Crippen LogP contribution < -0.4 is 10.6 Å². The molecule has 2 rings (SSSR count). The topological polar surface area (TPSA) is 111 Å². The minimum absolute atomic E-state index is 0.0390. The molecule has 32 heavy (non-hydrogen) atoms. The number of nitrogens with one attached hydrogen (secondary N) is 2. The Kier molecular flexibility index (Phi) is 10.4. The Balaban J connectivity index is 1.63. The van der Waals surface area contributed by atoms with Gasteiger partial charge in [-0.05, 0) is 36.2 Å². The average molecular weight is 440 g/mol. The van der Waals surface area contributed by atoms with E-state index in [1.54, 1.807) is 24.3 Å². The summed E-state index contributed by atoms with van der Waals surface area (Å²) in [7, 11) is 0. The van der Waals surface area contributed by atoms with Crippen molar-refractivity contribution in [1.29, 1.82) is 0 Å². The van der Waals surface area contributed by atoms with Gasteiger partial charge in [0.2, 0.25) is 5.91 Å².